The number of carbonyl (C=O) groups is 2. The zero-order chi connectivity index (χ0) is 15.6. The van der Waals surface area contributed by atoms with Crippen molar-refractivity contribution in [3.8, 4) is 0 Å². The fraction of sp³-hybridized carbons (Fsp3) is 0.429. The first-order chi connectivity index (χ1) is 9.93. The van der Waals surface area contributed by atoms with Gasteiger partial charge in [-0.2, -0.15) is 0 Å². The number of aliphatic hydroxyl groups excluding tert-OH is 1. The van der Waals surface area contributed by atoms with Crippen LogP contribution >= 0.6 is 0 Å². The van der Waals surface area contributed by atoms with Crippen LogP contribution in [0.15, 0.2) is 12.1 Å². The Morgan fingerprint density at radius 3 is 2.86 bits per heavy atom. The van der Waals surface area contributed by atoms with E-state index in [1.54, 1.807) is 6.07 Å². The molecule has 1 atom stereocenters. The van der Waals surface area contributed by atoms with E-state index in [0.29, 0.717) is 23.5 Å². The van der Waals surface area contributed by atoms with Gasteiger partial charge in [0.1, 0.15) is 5.82 Å². The summed E-state index contributed by atoms with van der Waals surface area (Å²) in [5.74, 6) is -2.03. The number of carboxylic acid groups (broad SMARTS) is 1. The van der Waals surface area contributed by atoms with E-state index in [-0.39, 0.29) is 18.9 Å². The Hall–Kier alpha value is -2.15. The molecule has 1 aromatic carbocycles. The number of hydrogen-bond donors (Lipinski definition) is 3. The third kappa shape index (κ3) is 3.13. The second-order valence-corrected chi connectivity index (χ2v) is 4.92. The molecule has 0 spiro atoms. The number of carbonyl (C=O) groups excluding carboxylic acids is 1. The van der Waals surface area contributed by atoms with Gasteiger partial charge in [-0.1, -0.05) is 6.92 Å². The normalized spacial score (nSPS) is 15.0. The van der Waals surface area contributed by atoms with E-state index in [0.717, 1.165) is 6.42 Å². The van der Waals surface area contributed by atoms with Crippen molar-refractivity contribution in [2.45, 2.75) is 25.9 Å². The number of benzene rings is 1. The second kappa shape index (κ2) is 6.09. The molecule has 0 aromatic heterocycles. The van der Waals surface area contributed by atoms with Crippen LogP contribution < -0.4 is 10.2 Å². The Morgan fingerprint density at radius 2 is 2.24 bits per heavy atom. The van der Waals surface area contributed by atoms with Crippen LogP contribution in [0, 0.1) is 5.82 Å². The molecular weight excluding hydrogens is 279 g/mol. The van der Waals surface area contributed by atoms with Crippen LogP contribution in [0.3, 0.4) is 0 Å². The summed E-state index contributed by atoms with van der Waals surface area (Å²) in [5.41, 5.74) is 1.21. The number of aliphatic hydroxyl groups is 1. The van der Waals surface area contributed by atoms with Crippen molar-refractivity contribution in [3.05, 3.63) is 23.5 Å². The highest BCUT2D eigenvalue weighted by Gasteiger charge is 2.30. The van der Waals surface area contributed by atoms with E-state index >= 15 is 0 Å². The average Bonchev–Trinajstić information content (AvgIpc) is 2.73. The zero-order valence-electron chi connectivity index (χ0n) is 11.6. The van der Waals surface area contributed by atoms with Crippen LogP contribution in [0.2, 0.25) is 0 Å². The molecule has 0 unspecified atom stereocenters. The molecule has 0 radical (unpaired) electrons. The first kappa shape index (κ1) is 15.2. The molecule has 7 heteroatoms. The van der Waals surface area contributed by atoms with Crippen molar-refractivity contribution >= 4 is 23.3 Å². The van der Waals surface area contributed by atoms with E-state index in [4.69, 9.17) is 5.11 Å². The predicted octanol–water partition coefficient (Wildman–Crippen LogP) is 0.982. The monoisotopic (exact) mass is 296 g/mol. The van der Waals surface area contributed by atoms with E-state index in [1.165, 1.54) is 11.0 Å². The molecule has 114 valence electrons. The Kier molecular flexibility index (Phi) is 4.42. The number of aliphatic carboxylic acids is 1. The number of anilines is 2. The molecule has 21 heavy (non-hydrogen) atoms. The fourth-order valence-corrected chi connectivity index (χ4v) is 2.34. The number of rotatable bonds is 6. The average molecular weight is 296 g/mol. The maximum Gasteiger partial charge on any atom is 0.334 e. The van der Waals surface area contributed by atoms with Crippen LogP contribution in [-0.4, -0.2) is 41.3 Å². The van der Waals surface area contributed by atoms with Crippen molar-refractivity contribution in [3.63, 3.8) is 0 Å². The highest BCUT2D eigenvalue weighted by atomic mass is 19.1. The van der Waals surface area contributed by atoms with Crippen LogP contribution in [0.25, 0.3) is 0 Å². The number of halogens is 1. The van der Waals surface area contributed by atoms with Crippen molar-refractivity contribution in [2.75, 3.05) is 23.3 Å². The predicted molar refractivity (Wildman–Crippen MR) is 74.9 cm³/mol. The fourth-order valence-electron chi connectivity index (χ4n) is 2.34. The molecule has 6 nitrogen and oxygen atoms in total. The minimum atomic E-state index is -1.57. The van der Waals surface area contributed by atoms with Gasteiger partial charge in [0.05, 0.1) is 18.7 Å². The van der Waals surface area contributed by atoms with E-state index in [2.05, 4.69) is 5.32 Å². The minimum absolute atomic E-state index is 0.128. The van der Waals surface area contributed by atoms with Crippen LogP contribution in [0.1, 0.15) is 18.9 Å². The maximum absolute atomic E-state index is 14.2. The van der Waals surface area contributed by atoms with Crippen LogP contribution in [0.5, 0.6) is 0 Å². The van der Waals surface area contributed by atoms with Crippen molar-refractivity contribution in [1.82, 2.24) is 0 Å². The number of amides is 1. The van der Waals surface area contributed by atoms with Gasteiger partial charge in [-0.3, -0.25) is 4.79 Å². The molecule has 2 rings (SSSR count). The van der Waals surface area contributed by atoms with Gasteiger partial charge in [-0.05, 0) is 24.1 Å². The maximum atomic E-state index is 14.2. The molecule has 0 aliphatic carbocycles. The number of carboxylic acids is 1. The van der Waals surface area contributed by atoms with Gasteiger partial charge in [0, 0.05) is 12.2 Å². The lowest BCUT2D eigenvalue weighted by molar-refractivity contribution is -0.145. The molecule has 0 saturated carbocycles. The van der Waals surface area contributed by atoms with Crippen LogP contribution in [0.4, 0.5) is 15.8 Å². The largest absolute Gasteiger partial charge is 0.479 e. The molecule has 0 bridgehead atoms. The molecule has 1 aliphatic rings. The summed E-state index contributed by atoms with van der Waals surface area (Å²) in [5, 5.41) is 20.4. The zero-order valence-corrected chi connectivity index (χ0v) is 11.6. The first-order valence-electron chi connectivity index (χ1n) is 6.71. The standard InChI is InChI=1S/C14H17FN2O4/c1-2-3-17-12(19)5-8-4-9(6-10(15)13(8)17)16-7-11(18)14(20)21/h4,6,11,16,18H,2-3,5,7H2,1H3,(H,20,21)/t11-/m1/s1. The summed E-state index contributed by atoms with van der Waals surface area (Å²) in [6, 6.07) is 2.81. The molecular formula is C14H17FN2O4. The second-order valence-electron chi connectivity index (χ2n) is 4.92. The molecule has 1 amide bonds. The smallest absolute Gasteiger partial charge is 0.334 e. The van der Waals surface area contributed by atoms with Crippen molar-refractivity contribution < 1.29 is 24.2 Å². The highest BCUT2D eigenvalue weighted by molar-refractivity contribution is 6.02. The molecule has 1 aliphatic heterocycles. The SMILES string of the molecule is CCCN1C(=O)Cc2cc(NC[C@@H](O)C(=O)O)cc(F)c21. The summed E-state index contributed by atoms with van der Waals surface area (Å²) >= 11 is 0. The molecule has 3 N–H and O–H groups in total. The Morgan fingerprint density at radius 1 is 1.52 bits per heavy atom. The third-order valence-electron chi connectivity index (χ3n) is 3.29. The van der Waals surface area contributed by atoms with E-state index in [1.807, 2.05) is 6.92 Å². The number of hydrogen-bond acceptors (Lipinski definition) is 4. The Labute approximate surface area is 121 Å². The molecule has 0 fully saturated rings. The lowest BCUT2D eigenvalue weighted by Gasteiger charge is -2.18. The summed E-state index contributed by atoms with van der Waals surface area (Å²) in [7, 11) is 0. The number of nitrogens with one attached hydrogen (secondary N) is 1. The lowest BCUT2D eigenvalue weighted by Crippen LogP contribution is -2.28. The van der Waals surface area contributed by atoms with Crippen LogP contribution in [-0.2, 0) is 16.0 Å². The van der Waals surface area contributed by atoms with Crippen molar-refractivity contribution in [2.24, 2.45) is 0 Å². The third-order valence-corrected chi connectivity index (χ3v) is 3.29. The quantitative estimate of drug-likeness (QED) is 0.728. The molecule has 0 saturated heterocycles. The highest BCUT2D eigenvalue weighted by Crippen LogP contribution is 2.34. The van der Waals surface area contributed by atoms with Gasteiger partial charge in [-0.25, -0.2) is 9.18 Å². The topological polar surface area (TPSA) is 89.9 Å². The number of nitrogens with zero attached hydrogens (tertiary/aromatic N) is 1. The van der Waals surface area contributed by atoms with Gasteiger partial charge in [-0.15, -0.1) is 0 Å². The van der Waals surface area contributed by atoms with Gasteiger partial charge >= 0.3 is 5.97 Å². The summed E-state index contributed by atoms with van der Waals surface area (Å²) in [6.45, 7) is 2.14. The molecule has 1 heterocycles. The van der Waals surface area contributed by atoms with Gasteiger partial charge in [0.25, 0.3) is 0 Å². The Balaban J connectivity index is 2.19. The molecule has 1 aromatic rings. The van der Waals surface area contributed by atoms with Gasteiger partial charge in [0.2, 0.25) is 5.91 Å². The summed E-state index contributed by atoms with van der Waals surface area (Å²) in [4.78, 5) is 23.8. The van der Waals surface area contributed by atoms with Gasteiger partial charge < -0.3 is 20.4 Å². The van der Waals surface area contributed by atoms with E-state index in [9.17, 15) is 19.1 Å². The lowest BCUT2D eigenvalue weighted by atomic mass is 10.1. The van der Waals surface area contributed by atoms with E-state index < -0.39 is 17.9 Å². The summed E-state index contributed by atoms with van der Waals surface area (Å²) < 4.78 is 14.2. The Bertz CT molecular complexity index is 576. The summed E-state index contributed by atoms with van der Waals surface area (Å²) in [6.07, 6.45) is -0.710. The minimum Gasteiger partial charge on any atom is -0.479 e. The first-order valence-corrected chi connectivity index (χ1v) is 6.71. The number of fused-ring (bicyclic) bond motifs is 1. The van der Waals surface area contributed by atoms with Crippen molar-refractivity contribution in [1.29, 1.82) is 0 Å². The van der Waals surface area contributed by atoms with Gasteiger partial charge in [0.15, 0.2) is 6.10 Å².